The van der Waals surface area contributed by atoms with Gasteiger partial charge in [-0.3, -0.25) is 4.79 Å². The predicted molar refractivity (Wildman–Crippen MR) is 78.0 cm³/mol. The maximum atomic E-state index is 12.1. The third kappa shape index (κ3) is 3.96. The van der Waals surface area contributed by atoms with Gasteiger partial charge in [-0.1, -0.05) is 18.2 Å². The van der Waals surface area contributed by atoms with Crippen LogP contribution in [-0.4, -0.2) is 38.8 Å². The molecule has 0 bridgehead atoms. The summed E-state index contributed by atoms with van der Waals surface area (Å²) in [4.78, 5) is 12.1. The van der Waals surface area contributed by atoms with Gasteiger partial charge in [-0.05, 0) is 35.9 Å². The van der Waals surface area contributed by atoms with E-state index in [1.165, 1.54) is 11.0 Å². The monoisotopic (exact) mass is 287 g/mol. The van der Waals surface area contributed by atoms with Crippen LogP contribution in [0.5, 0.6) is 0 Å². The number of nitrogens with one attached hydrogen (secondary N) is 1. The molecule has 0 aliphatic heterocycles. The van der Waals surface area contributed by atoms with E-state index in [1.54, 1.807) is 19.1 Å². The van der Waals surface area contributed by atoms with Crippen LogP contribution in [0.3, 0.4) is 0 Å². The van der Waals surface area contributed by atoms with E-state index in [0.717, 1.165) is 0 Å². The topological polar surface area (TPSA) is 81.9 Å². The molecule has 0 fully saturated rings. The highest BCUT2D eigenvalue weighted by Gasteiger charge is 2.15. The Morgan fingerprint density at radius 1 is 1.52 bits per heavy atom. The van der Waals surface area contributed by atoms with E-state index in [1.807, 2.05) is 18.2 Å². The van der Waals surface area contributed by atoms with Gasteiger partial charge in [-0.15, -0.1) is 11.7 Å². The Morgan fingerprint density at radius 2 is 2.33 bits per heavy atom. The Kier molecular flexibility index (Phi) is 5.16. The van der Waals surface area contributed by atoms with E-state index >= 15 is 0 Å². The Labute approximate surface area is 122 Å². The number of ether oxygens (including phenoxy) is 1. The third-order valence-electron chi connectivity index (χ3n) is 2.82. The van der Waals surface area contributed by atoms with Gasteiger partial charge in [-0.2, -0.15) is 4.68 Å². The maximum Gasteiger partial charge on any atom is 0.253 e. The van der Waals surface area contributed by atoms with Crippen molar-refractivity contribution in [3.63, 3.8) is 0 Å². The first-order chi connectivity index (χ1) is 10.2. The number of para-hydroxylation sites is 2. The second kappa shape index (κ2) is 7.30. The fourth-order valence-corrected chi connectivity index (χ4v) is 1.69. The van der Waals surface area contributed by atoms with E-state index < -0.39 is 6.10 Å². The molecule has 1 atom stereocenters. The number of hydrogen-bond donors (Lipinski definition) is 1. The van der Waals surface area contributed by atoms with E-state index in [-0.39, 0.29) is 5.91 Å². The number of rotatable bonds is 7. The lowest BCUT2D eigenvalue weighted by atomic mass is 10.2. The largest absolute Gasteiger partial charge is 0.368 e. The molecular formula is C14H17N5O2. The van der Waals surface area contributed by atoms with Crippen molar-refractivity contribution in [3.8, 4) is 5.69 Å². The van der Waals surface area contributed by atoms with Gasteiger partial charge in [0.05, 0.1) is 18.0 Å². The summed E-state index contributed by atoms with van der Waals surface area (Å²) < 4.78 is 6.90. The molecule has 1 N–H and O–H groups in total. The van der Waals surface area contributed by atoms with Crippen LogP contribution in [0.25, 0.3) is 5.69 Å². The van der Waals surface area contributed by atoms with Crippen LogP contribution in [0.15, 0.2) is 43.2 Å². The number of hydrogen-bond acceptors (Lipinski definition) is 5. The van der Waals surface area contributed by atoms with Gasteiger partial charge in [0.25, 0.3) is 5.91 Å². The lowest BCUT2D eigenvalue weighted by molar-refractivity contribution is -0.126. The van der Waals surface area contributed by atoms with Crippen molar-refractivity contribution in [3.05, 3.63) is 43.2 Å². The zero-order valence-corrected chi connectivity index (χ0v) is 11.8. The summed E-state index contributed by atoms with van der Waals surface area (Å²) in [6, 6.07) is 7.27. The molecule has 0 aliphatic carbocycles. The highest BCUT2D eigenvalue weighted by molar-refractivity contribution is 5.95. The molecule has 1 aromatic carbocycles. The minimum atomic E-state index is -0.549. The standard InChI is InChI=1S/C14H17N5O2/c1-3-4-9-21-11(2)14(20)16-12-7-5-6-8-13(12)19-10-15-17-18-19/h3,5-8,10-11H,1,4,9H2,2H3,(H,16,20). The molecule has 2 aromatic rings. The zero-order chi connectivity index (χ0) is 15.1. The normalized spacial score (nSPS) is 11.9. The summed E-state index contributed by atoms with van der Waals surface area (Å²) in [5, 5.41) is 13.8. The lowest BCUT2D eigenvalue weighted by Gasteiger charge is -2.14. The quantitative estimate of drug-likeness (QED) is 0.617. The van der Waals surface area contributed by atoms with Crippen molar-refractivity contribution in [2.45, 2.75) is 19.4 Å². The van der Waals surface area contributed by atoms with E-state index in [9.17, 15) is 4.79 Å². The Hall–Kier alpha value is -2.54. The van der Waals surface area contributed by atoms with Crippen LogP contribution >= 0.6 is 0 Å². The highest BCUT2D eigenvalue weighted by atomic mass is 16.5. The molecule has 1 aromatic heterocycles. The Balaban J connectivity index is 2.06. The smallest absolute Gasteiger partial charge is 0.253 e. The minimum Gasteiger partial charge on any atom is -0.368 e. The maximum absolute atomic E-state index is 12.1. The molecule has 110 valence electrons. The number of benzene rings is 1. The number of anilines is 1. The van der Waals surface area contributed by atoms with Crippen LogP contribution in [0, 0.1) is 0 Å². The summed E-state index contributed by atoms with van der Waals surface area (Å²) in [6.45, 7) is 5.78. The summed E-state index contributed by atoms with van der Waals surface area (Å²) in [7, 11) is 0. The molecule has 0 radical (unpaired) electrons. The van der Waals surface area contributed by atoms with Gasteiger partial charge in [0.2, 0.25) is 0 Å². The van der Waals surface area contributed by atoms with Gasteiger partial charge in [0.15, 0.2) is 0 Å². The van der Waals surface area contributed by atoms with Crippen LogP contribution in [0.1, 0.15) is 13.3 Å². The molecular weight excluding hydrogens is 270 g/mol. The van der Waals surface area contributed by atoms with Crippen molar-refractivity contribution >= 4 is 11.6 Å². The molecule has 1 unspecified atom stereocenters. The van der Waals surface area contributed by atoms with Crippen molar-refractivity contribution in [2.24, 2.45) is 0 Å². The predicted octanol–water partition coefficient (Wildman–Crippen LogP) is 1.58. The third-order valence-corrected chi connectivity index (χ3v) is 2.82. The first-order valence-electron chi connectivity index (χ1n) is 6.58. The van der Waals surface area contributed by atoms with Crippen LogP contribution in [-0.2, 0) is 9.53 Å². The number of carbonyl (C=O) groups is 1. The van der Waals surface area contributed by atoms with Crippen molar-refractivity contribution < 1.29 is 9.53 Å². The van der Waals surface area contributed by atoms with Gasteiger partial charge < -0.3 is 10.1 Å². The molecule has 1 amide bonds. The first kappa shape index (κ1) is 14.9. The number of tetrazole rings is 1. The SMILES string of the molecule is C=CCCOC(C)C(=O)Nc1ccccc1-n1cnnn1. The van der Waals surface area contributed by atoms with Gasteiger partial charge in [0.1, 0.15) is 12.4 Å². The number of nitrogens with zero attached hydrogens (tertiary/aromatic N) is 4. The average Bonchev–Trinajstić information content (AvgIpc) is 3.02. The fraction of sp³-hybridized carbons (Fsp3) is 0.286. The first-order valence-corrected chi connectivity index (χ1v) is 6.58. The van der Waals surface area contributed by atoms with E-state index in [0.29, 0.717) is 24.4 Å². The molecule has 2 rings (SSSR count). The molecule has 0 saturated carbocycles. The van der Waals surface area contributed by atoms with Crippen molar-refractivity contribution in [1.82, 2.24) is 20.2 Å². The molecule has 0 aliphatic rings. The Bertz CT molecular complexity index is 597. The van der Waals surface area contributed by atoms with Crippen molar-refractivity contribution in [1.29, 1.82) is 0 Å². The summed E-state index contributed by atoms with van der Waals surface area (Å²) in [6.07, 6.45) is 3.37. The minimum absolute atomic E-state index is 0.223. The number of amides is 1. The second-order valence-electron chi connectivity index (χ2n) is 4.35. The van der Waals surface area contributed by atoms with Crippen LogP contribution in [0.2, 0.25) is 0 Å². The molecule has 0 spiro atoms. The van der Waals surface area contributed by atoms with Gasteiger partial charge >= 0.3 is 0 Å². The molecule has 7 nitrogen and oxygen atoms in total. The number of carbonyl (C=O) groups excluding carboxylic acids is 1. The van der Waals surface area contributed by atoms with E-state index in [4.69, 9.17) is 4.74 Å². The lowest BCUT2D eigenvalue weighted by Crippen LogP contribution is -2.28. The van der Waals surface area contributed by atoms with Gasteiger partial charge in [-0.25, -0.2) is 0 Å². The molecule has 1 heterocycles. The van der Waals surface area contributed by atoms with Crippen LogP contribution < -0.4 is 5.32 Å². The summed E-state index contributed by atoms with van der Waals surface area (Å²) in [5.41, 5.74) is 1.31. The summed E-state index contributed by atoms with van der Waals surface area (Å²) >= 11 is 0. The molecule has 0 saturated heterocycles. The fourth-order valence-electron chi connectivity index (χ4n) is 1.69. The van der Waals surface area contributed by atoms with Crippen molar-refractivity contribution in [2.75, 3.05) is 11.9 Å². The number of aromatic nitrogens is 4. The molecule has 7 heteroatoms. The summed E-state index contributed by atoms with van der Waals surface area (Å²) in [5.74, 6) is -0.223. The Morgan fingerprint density at radius 3 is 3.05 bits per heavy atom. The average molecular weight is 287 g/mol. The highest BCUT2D eigenvalue weighted by Crippen LogP contribution is 2.18. The van der Waals surface area contributed by atoms with Crippen LogP contribution in [0.4, 0.5) is 5.69 Å². The second-order valence-corrected chi connectivity index (χ2v) is 4.35. The van der Waals surface area contributed by atoms with Gasteiger partial charge in [0, 0.05) is 0 Å². The van der Waals surface area contributed by atoms with E-state index in [2.05, 4.69) is 27.4 Å². The molecule has 21 heavy (non-hydrogen) atoms. The zero-order valence-electron chi connectivity index (χ0n) is 11.8.